The molecule has 0 spiro atoms. The summed E-state index contributed by atoms with van der Waals surface area (Å²) in [5.41, 5.74) is 0. The molecule has 10 heavy (non-hydrogen) atoms. The summed E-state index contributed by atoms with van der Waals surface area (Å²) < 4.78 is 4.50. The number of hydrogen-bond acceptors (Lipinski definition) is 3. The standard InChI is InChI=1S/C6H7IO3/c1-2-6(9)10-4-3-5(7)8/h2H,1,3-4H2. The molecule has 0 saturated heterocycles. The van der Waals surface area contributed by atoms with E-state index >= 15 is 0 Å². The maximum Gasteiger partial charge on any atom is 0.330 e. The number of esters is 1. The van der Waals surface area contributed by atoms with Crippen LogP contribution in [-0.4, -0.2) is 16.4 Å². The van der Waals surface area contributed by atoms with E-state index in [1.165, 1.54) is 0 Å². The van der Waals surface area contributed by atoms with Gasteiger partial charge in [-0.1, -0.05) is 6.58 Å². The van der Waals surface area contributed by atoms with E-state index in [0.29, 0.717) is 0 Å². The van der Waals surface area contributed by atoms with Crippen LogP contribution in [0.25, 0.3) is 0 Å². The Bertz CT molecular complexity index is 153. The molecule has 0 aromatic heterocycles. The maximum atomic E-state index is 10.3. The minimum atomic E-state index is -0.488. The summed E-state index contributed by atoms with van der Waals surface area (Å²) in [6, 6.07) is 0. The molecule has 0 bridgehead atoms. The Balaban J connectivity index is 3.28. The predicted molar refractivity (Wildman–Crippen MR) is 44.8 cm³/mol. The van der Waals surface area contributed by atoms with E-state index in [9.17, 15) is 9.59 Å². The highest BCUT2D eigenvalue weighted by molar-refractivity contribution is 14.1. The molecule has 56 valence electrons. The Kier molecular flexibility index (Phi) is 5.19. The van der Waals surface area contributed by atoms with Crippen molar-refractivity contribution >= 4 is 32.4 Å². The van der Waals surface area contributed by atoms with Crippen molar-refractivity contribution in [3.8, 4) is 0 Å². The second-order valence-electron chi connectivity index (χ2n) is 1.48. The molecule has 3 nitrogen and oxygen atoms in total. The van der Waals surface area contributed by atoms with Gasteiger partial charge in [0.1, 0.15) is 0 Å². The van der Waals surface area contributed by atoms with Gasteiger partial charge in [0.25, 0.3) is 0 Å². The van der Waals surface area contributed by atoms with Crippen LogP contribution in [0, 0.1) is 0 Å². The van der Waals surface area contributed by atoms with Gasteiger partial charge in [-0.25, -0.2) is 4.79 Å². The molecule has 0 aliphatic carbocycles. The Labute approximate surface area is 72.6 Å². The Morgan fingerprint density at radius 1 is 1.60 bits per heavy atom. The molecule has 0 aromatic carbocycles. The molecule has 0 fully saturated rings. The van der Waals surface area contributed by atoms with Crippen molar-refractivity contribution in [2.24, 2.45) is 0 Å². The molecule has 0 saturated carbocycles. The van der Waals surface area contributed by atoms with Gasteiger partial charge in [-0.05, 0) is 22.6 Å². The minimum absolute atomic E-state index is 0.0190. The lowest BCUT2D eigenvalue weighted by Crippen LogP contribution is -2.03. The summed E-state index contributed by atoms with van der Waals surface area (Å²) in [6.45, 7) is 3.34. The molecular weight excluding hydrogens is 247 g/mol. The second kappa shape index (κ2) is 5.40. The predicted octanol–water partition coefficient (Wildman–Crippen LogP) is 1.07. The summed E-state index contributed by atoms with van der Waals surface area (Å²) in [6.07, 6.45) is 1.33. The van der Waals surface area contributed by atoms with Crippen LogP contribution in [0.5, 0.6) is 0 Å². The molecule has 0 aliphatic heterocycles. The smallest absolute Gasteiger partial charge is 0.330 e. The molecule has 0 heterocycles. The van der Waals surface area contributed by atoms with E-state index in [1.54, 1.807) is 22.6 Å². The largest absolute Gasteiger partial charge is 0.462 e. The van der Waals surface area contributed by atoms with Crippen LogP contribution in [-0.2, 0) is 14.3 Å². The number of hydrogen-bond donors (Lipinski definition) is 0. The number of carbonyl (C=O) groups excluding carboxylic acids is 2. The molecule has 4 heteroatoms. The van der Waals surface area contributed by atoms with Crippen LogP contribution in [0.2, 0.25) is 0 Å². The first-order valence-corrected chi connectivity index (χ1v) is 3.72. The highest BCUT2D eigenvalue weighted by atomic mass is 127. The zero-order chi connectivity index (χ0) is 7.98. The van der Waals surface area contributed by atoms with Gasteiger partial charge in [0.15, 0.2) is 3.79 Å². The minimum Gasteiger partial charge on any atom is -0.462 e. The Morgan fingerprint density at radius 2 is 2.20 bits per heavy atom. The lowest BCUT2D eigenvalue weighted by atomic mass is 10.5. The fourth-order valence-electron chi connectivity index (χ4n) is 0.291. The van der Waals surface area contributed by atoms with E-state index < -0.39 is 5.97 Å². The van der Waals surface area contributed by atoms with Crippen LogP contribution in [0.3, 0.4) is 0 Å². The zero-order valence-corrected chi connectivity index (χ0v) is 7.46. The molecular formula is C6H7IO3. The average molecular weight is 254 g/mol. The zero-order valence-electron chi connectivity index (χ0n) is 5.30. The average Bonchev–Trinajstić information content (AvgIpc) is 1.87. The first kappa shape index (κ1) is 9.61. The second-order valence-corrected chi connectivity index (χ2v) is 2.68. The van der Waals surface area contributed by atoms with E-state index in [2.05, 4.69) is 11.3 Å². The van der Waals surface area contributed by atoms with Gasteiger partial charge in [-0.15, -0.1) is 0 Å². The first-order valence-electron chi connectivity index (χ1n) is 2.64. The number of rotatable bonds is 4. The van der Waals surface area contributed by atoms with E-state index in [4.69, 9.17) is 0 Å². The van der Waals surface area contributed by atoms with Crippen molar-refractivity contribution in [1.82, 2.24) is 0 Å². The van der Waals surface area contributed by atoms with Crippen molar-refractivity contribution in [2.75, 3.05) is 6.61 Å². The molecule has 0 unspecified atom stereocenters. The third-order valence-corrected chi connectivity index (χ3v) is 1.25. The molecule has 0 N–H and O–H groups in total. The van der Waals surface area contributed by atoms with Crippen LogP contribution >= 0.6 is 22.6 Å². The first-order chi connectivity index (χ1) is 4.66. The van der Waals surface area contributed by atoms with Gasteiger partial charge in [-0.2, -0.15) is 0 Å². The van der Waals surface area contributed by atoms with Crippen molar-refractivity contribution in [3.63, 3.8) is 0 Å². The topological polar surface area (TPSA) is 43.4 Å². The molecule has 0 atom stereocenters. The summed E-state index contributed by atoms with van der Waals surface area (Å²) >= 11 is 1.65. The maximum absolute atomic E-state index is 10.3. The van der Waals surface area contributed by atoms with Gasteiger partial charge >= 0.3 is 5.97 Å². The monoisotopic (exact) mass is 254 g/mol. The third kappa shape index (κ3) is 5.74. The van der Waals surface area contributed by atoms with Crippen LogP contribution in [0.15, 0.2) is 12.7 Å². The Hall–Kier alpha value is -0.390. The Morgan fingerprint density at radius 3 is 2.60 bits per heavy atom. The number of ether oxygens (including phenoxy) is 1. The molecule has 0 amide bonds. The van der Waals surface area contributed by atoms with Crippen molar-refractivity contribution in [2.45, 2.75) is 6.42 Å². The lowest BCUT2D eigenvalue weighted by Gasteiger charge is -1.96. The van der Waals surface area contributed by atoms with Gasteiger partial charge in [0.2, 0.25) is 0 Å². The lowest BCUT2D eigenvalue weighted by molar-refractivity contribution is -0.138. The van der Waals surface area contributed by atoms with Crippen molar-refractivity contribution < 1.29 is 14.3 Å². The van der Waals surface area contributed by atoms with E-state index in [-0.39, 0.29) is 16.8 Å². The van der Waals surface area contributed by atoms with Gasteiger partial charge in [0, 0.05) is 6.08 Å². The fourth-order valence-corrected chi connectivity index (χ4v) is 0.511. The molecule has 0 radical (unpaired) electrons. The summed E-state index contributed by atoms with van der Waals surface area (Å²) in [7, 11) is 0. The highest BCUT2D eigenvalue weighted by Crippen LogP contribution is 1.93. The quantitative estimate of drug-likeness (QED) is 0.326. The van der Waals surface area contributed by atoms with Crippen LogP contribution < -0.4 is 0 Å². The van der Waals surface area contributed by atoms with Crippen LogP contribution in [0.1, 0.15) is 6.42 Å². The SMILES string of the molecule is C=CC(=O)OCCC(=O)I. The molecule has 0 aromatic rings. The molecule has 0 rings (SSSR count). The summed E-state index contributed by atoms with van der Waals surface area (Å²) in [5.74, 6) is -0.488. The number of carbonyl (C=O) groups is 2. The van der Waals surface area contributed by atoms with Gasteiger partial charge in [0.05, 0.1) is 13.0 Å². The van der Waals surface area contributed by atoms with Gasteiger partial charge in [-0.3, -0.25) is 4.79 Å². The fraction of sp³-hybridized carbons (Fsp3) is 0.333. The number of halogens is 1. The van der Waals surface area contributed by atoms with Gasteiger partial charge < -0.3 is 4.74 Å². The van der Waals surface area contributed by atoms with E-state index in [0.717, 1.165) is 6.08 Å². The molecule has 0 aliphatic rings. The third-order valence-electron chi connectivity index (χ3n) is 0.710. The summed E-state index contributed by atoms with van der Waals surface area (Å²) in [4.78, 5) is 20.6. The summed E-state index contributed by atoms with van der Waals surface area (Å²) in [5, 5.41) is 0. The van der Waals surface area contributed by atoms with Crippen molar-refractivity contribution in [3.05, 3.63) is 12.7 Å². The van der Waals surface area contributed by atoms with Crippen molar-refractivity contribution in [1.29, 1.82) is 0 Å². The van der Waals surface area contributed by atoms with E-state index in [1.807, 2.05) is 0 Å². The normalized spacial score (nSPS) is 8.50. The van der Waals surface area contributed by atoms with Crippen LogP contribution in [0.4, 0.5) is 0 Å². The highest BCUT2D eigenvalue weighted by Gasteiger charge is 1.97.